The molecule has 0 radical (unpaired) electrons. The first-order valence-corrected chi connectivity index (χ1v) is 9.55. The second-order valence-corrected chi connectivity index (χ2v) is 7.27. The number of carbonyl (C=O) groups excluding carboxylic acids is 1. The first-order chi connectivity index (χ1) is 12.9. The maximum Gasteiger partial charge on any atom is 0.263 e. The molecule has 2 aromatic rings. The van der Waals surface area contributed by atoms with Gasteiger partial charge in [0.15, 0.2) is 6.10 Å². The lowest BCUT2D eigenvalue weighted by Crippen LogP contribution is -2.52. The molecule has 1 aliphatic heterocycles. The average molecular weight is 368 g/mol. The lowest BCUT2D eigenvalue weighted by molar-refractivity contribution is -0.138. The smallest absolute Gasteiger partial charge is 0.263 e. The van der Waals surface area contributed by atoms with E-state index in [1.54, 1.807) is 0 Å². The zero-order chi connectivity index (χ0) is 19.4. The maximum absolute atomic E-state index is 12.7. The van der Waals surface area contributed by atoms with Crippen LogP contribution in [0, 0.1) is 6.92 Å². The Labute approximate surface area is 161 Å². The quantitative estimate of drug-likeness (QED) is 0.812. The lowest BCUT2D eigenvalue weighted by Gasteiger charge is -2.36. The van der Waals surface area contributed by atoms with E-state index in [-0.39, 0.29) is 5.91 Å². The normalized spacial score (nSPS) is 15.7. The number of ether oxygens (including phenoxy) is 1. The molecule has 27 heavy (non-hydrogen) atoms. The van der Waals surface area contributed by atoms with Gasteiger partial charge in [0.2, 0.25) is 0 Å². The van der Waals surface area contributed by atoms with Crippen molar-refractivity contribution in [3.63, 3.8) is 0 Å². The van der Waals surface area contributed by atoms with Gasteiger partial charge in [-0.3, -0.25) is 4.79 Å². The fourth-order valence-electron chi connectivity index (χ4n) is 3.16. The van der Waals surface area contributed by atoms with Crippen molar-refractivity contribution >= 4 is 11.7 Å². The summed E-state index contributed by atoms with van der Waals surface area (Å²) in [5.74, 6) is 2.86. The van der Waals surface area contributed by atoms with E-state index in [9.17, 15) is 4.79 Å². The minimum absolute atomic E-state index is 0.0280. The van der Waals surface area contributed by atoms with E-state index < -0.39 is 6.10 Å². The number of hydrogen-bond donors (Lipinski definition) is 0. The molecule has 0 N–H and O–H groups in total. The molecule has 1 aromatic heterocycles. The van der Waals surface area contributed by atoms with Gasteiger partial charge in [0.25, 0.3) is 5.91 Å². The number of anilines is 1. The molecule has 0 bridgehead atoms. The predicted molar refractivity (Wildman–Crippen MR) is 106 cm³/mol. The summed E-state index contributed by atoms with van der Waals surface area (Å²) in [7, 11) is 0. The van der Waals surface area contributed by atoms with Gasteiger partial charge in [0.1, 0.15) is 17.4 Å². The standard InChI is InChI=1S/C21H28N4O2/c1-15(2)20-22-16(3)14-19(23-20)24-10-12-25(13-11-24)21(26)17(4)27-18-8-6-5-7-9-18/h5-9,14-15,17H,10-13H2,1-4H3/t17-/m1/s1. The van der Waals surface area contributed by atoms with Crippen LogP contribution < -0.4 is 9.64 Å². The number of benzene rings is 1. The molecule has 1 aromatic carbocycles. The van der Waals surface area contributed by atoms with Crippen LogP contribution in [0.5, 0.6) is 5.75 Å². The van der Waals surface area contributed by atoms with Crippen LogP contribution in [0.1, 0.15) is 38.2 Å². The highest BCUT2D eigenvalue weighted by molar-refractivity contribution is 5.81. The highest BCUT2D eigenvalue weighted by Gasteiger charge is 2.27. The summed E-state index contributed by atoms with van der Waals surface area (Å²) in [6, 6.07) is 11.5. The molecule has 1 fully saturated rings. The van der Waals surface area contributed by atoms with E-state index in [1.165, 1.54) is 0 Å². The molecular formula is C21H28N4O2. The average Bonchev–Trinajstić information content (AvgIpc) is 2.67. The van der Waals surface area contributed by atoms with Crippen LogP contribution in [-0.2, 0) is 4.79 Å². The number of rotatable bonds is 5. The summed E-state index contributed by atoms with van der Waals surface area (Å²) < 4.78 is 5.77. The first kappa shape index (κ1) is 19.1. The second-order valence-electron chi connectivity index (χ2n) is 7.27. The minimum Gasteiger partial charge on any atom is -0.481 e. The van der Waals surface area contributed by atoms with Gasteiger partial charge < -0.3 is 14.5 Å². The highest BCUT2D eigenvalue weighted by Crippen LogP contribution is 2.19. The van der Waals surface area contributed by atoms with Crippen LogP contribution >= 0.6 is 0 Å². The minimum atomic E-state index is -0.493. The number of aryl methyl sites for hydroxylation is 1. The fourth-order valence-corrected chi connectivity index (χ4v) is 3.16. The van der Waals surface area contributed by atoms with Crippen molar-refractivity contribution < 1.29 is 9.53 Å². The van der Waals surface area contributed by atoms with Gasteiger partial charge in [-0.1, -0.05) is 32.0 Å². The molecule has 1 aliphatic rings. The number of nitrogens with zero attached hydrogens (tertiary/aromatic N) is 4. The van der Waals surface area contributed by atoms with Crippen molar-refractivity contribution in [3.8, 4) is 5.75 Å². The summed E-state index contributed by atoms with van der Waals surface area (Å²) in [5, 5.41) is 0. The van der Waals surface area contributed by atoms with E-state index in [4.69, 9.17) is 9.72 Å². The fraction of sp³-hybridized carbons (Fsp3) is 0.476. The monoisotopic (exact) mass is 368 g/mol. The molecule has 0 spiro atoms. The number of amides is 1. The number of para-hydroxylation sites is 1. The summed E-state index contributed by atoms with van der Waals surface area (Å²) in [6.45, 7) is 10.9. The van der Waals surface area contributed by atoms with Gasteiger partial charge in [-0.15, -0.1) is 0 Å². The zero-order valence-electron chi connectivity index (χ0n) is 16.6. The molecular weight excluding hydrogens is 340 g/mol. The summed E-state index contributed by atoms with van der Waals surface area (Å²) in [6.07, 6.45) is -0.493. The van der Waals surface area contributed by atoms with Crippen molar-refractivity contribution in [1.29, 1.82) is 0 Å². The summed E-state index contributed by atoms with van der Waals surface area (Å²) in [4.78, 5) is 26.0. The molecule has 6 heteroatoms. The summed E-state index contributed by atoms with van der Waals surface area (Å²) in [5.41, 5.74) is 0.979. The Kier molecular flexibility index (Phi) is 5.94. The van der Waals surface area contributed by atoms with E-state index in [0.717, 1.165) is 36.2 Å². The molecule has 0 aliphatic carbocycles. The van der Waals surface area contributed by atoms with Crippen molar-refractivity contribution in [3.05, 3.63) is 47.9 Å². The largest absolute Gasteiger partial charge is 0.481 e. The molecule has 1 amide bonds. The Hall–Kier alpha value is -2.63. The third-order valence-electron chi connectivity index (χ3n) is 4.69. The van der Waals surface area contributed by atoms with Gasteiger partial charge in [-0.25, -0.2) is 9.97 Å². The zero-order valence-corrected chi connectivity index (χ0v) is 16.6. The third kappa shape index (κ3) is 4.76. The predicted octanol–water partition coefficient (Wildman–Crippen LogP) is 3.02. The number of aromatic nitrogens is 2. The van der Waals surface area contributed by atoms with Gasteiger partial charge in [-0.05, 0) is 26.0 Å². The van der Waals surface area contributed by atoms with E-state index in [1.807, 2.05) is 55.1 Å². The van der Waals surface area contributed by atoms with E-state index in [2.05, 4.69) is 23.7 Å². The Balaban J connectivity index is 1.59. The van der Waals surface area contributed by atoms with Crippen LogP contribution in [-0.4, -0.2) is 53.1 Å². The topological polar surface area (TPSA) is 58.6 Å². The lowest BCUT2D eigenvalue weighted by atomic mass is 10.2. The summed E-state index contributed by atoms with van der Waals surface area (Å²) >= 11 is 0. The highest BCUT2D eigenvalue weighted by atomic mass is 16.5. The van der Waals surface area contributed by atoms with Gasteiger partial charge in [-0.2, -0.15) is 0 Å². The number of piperazine rings is 1. The first-order valence-electron chi connectivity index (χ1n) is 9.55. The van der Waals surface area contributed by atoms with Crippen LogP contribution in [0.3, 0.4) is 0 Å². The molecule has 144 valence electrons. The SMILES string of the molecule is Cc1cc(N2CCN(C(=O)[C@@H](C)Oc3ccccc3)CC2)nc(C(C)C)n1. The van der Waals surface area contributed by atoms with Crippen LogP contribution in [0.4, 0.5) is 5.82 Å². The third-order valence-corrected chi connectivity index (χ3v) is 4.69. The van der Waals surface area contributed by atoms with Gasteiger partial charge in [0.05, 0.1) is 0 Å². The number of hydrogen-bond acceptors (Lipinski definition) is 5. The van der Waals surface area contributed by atoms with E-state index in [0.29, 0.717) is 19.0 Å². The van der Waals surface area contributed by atoms with Crippen LogP contribution in [0.15, 0.2) is 36.4 Å². The Bertz CT molecular complexity index is 771. The molecule has 0 saturated carbocycles. The van der Waals surface area contributed by atoms with Crippen LogP contribution in [0.2, 0.25) is 0 Å². The van der Waals surface area contributed by atoms with Crippen LogP contribution in [0.25, 0.3) is 0 Å². The van der Waals surface area contributed by atoms with Crippen molar-refractivity contribution in [2.45, 2.75) is 39.7 Å². The van der Waals surface area contributed by atoms with Gasteiger partial charge in [0, 0.05) is 43.9 Å². The molecule has 1 atom stereocenters. The number of carbonyl (C=O) groups is 1. The molecule has 0 unspecified atom stereocenters. The van der Waals surface area contributed by atoms with Crippen molar-refractivity contribution in [2.24, 2.45) is 0 Å². The molecule has 2 heterocycles. The Morgan fingerprint density at radius 2 is 1.70 bits per heavy atom. The van der Waals surface area contributed by atoms with Crippen molar-refractivity contribution in [1.82, 2.24) is 14.9 Å². The Morgan fingerprint density at radius 1 is 1.04 bits per heavy atom. The second kappa shape index (κ2) is 8.37. The van der Waals surface area contributed by atoms with Crippen molar-refractivity contribution in [2.75, 3.05) is 31.1 Å². The Morgan fingerprint density at radius 3 is 2.33 bits per heavy atom. The molecule has 1 saturated heterocycles. The molecule has 3 rings (SSSR count). The molecule has 6 nitrogen and oxygen atoms in total. The maximum atomic E-state index is 12.7. The van der Waals surface area contributed by atoms with Gasteiger partial charge >= 0.3 is 0 Å². The van der Waals surface area contributed by atoms with E-state index >= 15 is 0 Å².